The molecule has 0 aliphatic heterocycles. The molecule has 0 unspecified atom stereocenters. The maximum absolute atomic E-state index is 11.1. The number of carbonyl (C=O) groups excluding carboxylic acids is 1. The second-order valence-electron chi connectivity index (χ2n) is 2.80. The Labute approximate surface area is 76.5 Å². The van der Waals surface area contributed by atoms with Gasteiger partial charge in [0.1, 0.15) is 6.61 Å². The summed E-state index contributed by atoms with van der Waals surface area (Å²) in [4.78, 5) is 11.1. The molecule has 1 aromatic heterocycles. The van der Waals surface area contributed by atoms with Crippen LogP contribution in [0.3, 0.4) is 0 Å². The van der Waals surface area contributed by atoms with Crippen molar-refractivity contribution in [1.82, 2.24) is 10.2 Å². The molecule has 0 saturated carbocycles. The summed E-state index contributed by atoms with van der Waals surface area (Å²) in [6, 6.07) is 0. The van der Waals surface area contributed by atoms with Gasteiger partial charge in [0, 0.05) is 18.4 Å². The van der Waals surface area contributed by atoms with Crippen LogP contribution in [0.2, 0.25) is 0 Å². The molecule has 0 fully saturated rings. The number of nitrogens with one attached hydrogen (secondary N) is 2. The molecule has 0 bridgehead atoms. The number of nitrogens with zero attached hydrogens (tertiary/aromatic N) is 1. The maximum atomic E-state index is 11.1. The Morgan fingerprint density at radius 3 is 2.77 bits per heavy atom. The Kier molecular flexibility index (Phi) is 3.02. The number of rotatable bonds is 3. The number of H-pyrrole nitrogens is 1. The van der Waals surface area contributed by atoms with E-state index in [9.17, 15) is 4.79 Å². The van der Waals surface area contributed by atoms with Crippen molar-refractivity contribution in [3.8, 4) is 0 Å². The molecule has 2 N–H and O–H groups in total. The number of hydrogen-bond donors (Lipinski definition) is 2. The molecule has 0 atom stereocenters. The number of amides is 1. The summed E-state index contributed by atoms with van der Waals surface area (Å²) in [6.07, 6.45) is 0. The first kappa shape index (κ1) is 9.73. The first-order chi connectivity index (χ1) is 6.15. The van der Waals surface area contributed by atoms with E-state index < -0.39 is 0 Å². The fourth-order valence-electron chi connectivity index (χ4n) is 0.906. The van der Waals surface area contributed by atoms with E-state index in [2.05, 4.69) is 20.3 Å². The van der Waals surface area contributed by atoms with Crippen molar-refractivity contribution in [3.05, 3.63) is 11.3 Å². The van der Waals surface area contributed by atoms with Crippen LogP contribution in [0.4, 0.5) is 5.82 Å². The van der Waals surface area contributed by atoms with Gasteiger partial charge in [0.05, 0.1) is 0 Å². The van der Waals surface area contributed by atoms with E-state index in [0.717, 1.165) is 11.3 Å². The van der Waals surface area contributed by atoms with Crippen LogP contribution in [-0.2, 0) is 9.53 Å². The summed E-state index contributed by atoms with van der Waals surface area (Å²) in [5.74, 6) is 0.372. The number of ether oxygens (including phenoxy) is 1. The van der Waals surface area contributed by atoms with Gasteiger partial charge < -0.3 is 10.1 Å². The molecule has 72 valence electrons. The van der Waals surface area contributed by atoms with Crippen molar-refractivity contribution >= 4 is 11.7 Å². The Morgan fingerprint density at radius 2 is 2.31 bits per heavy atom. The molecule has 0 aliphatic carbocycles. The van der Waals surface area contributed by atoms with E-state index in [4.69, 9.17) is 0 Å². The summed E-state index contributed by atoms with van der Waals surface area (Å²) in [7, 11) is 1.47. The zero-order chi connectivity index (χ0) is 9.84. The molecule has 0 aromatic carbocycles. The van der Waals surface area contributed by atoms with Crippen LogP contribution < -0.4 is 5.32 Å². The lowest BCUT2D eigenvalue weighted by Crippen LogP contribution is -2.17. The number of hydrogen-bond acceptors (Lipinski definition) is 3. The number of methoxy groups -OCH3 is 1. The van der Waals surface area contributed by atoms with Gasteiger partial charge in [-0.1, -0.05) is 0 Å². The molecule has 5 heteroatoms. The normalized spacial score (nSPS) is 10.1. The van der Waals surface area contributed by atoms with Crippen LogP contribution in [-0.4, -0.2) is 29.8 Å². The topological polar surface area (TPSA) is 67.0 Å². The van der Waals surface area contributed by atoms with Gasteiger partial charge >= 0.3 is 0 Å². The molecule has 0 aliphatic rings. The monoisotopic (exact) mass is 183 g/mol. The van der Waals surface area contributed by atoms with Crippen molar-refractivity contribution in [2.45, 2.75) is 13.8 Å². The molecule has 5 nitrogen and oxygen atoms in total. The van der Waals surface area contributed by atoms with Gasteiger partial charge in [-0.05, 0) is 13.8 Å². The van der Waals surface area contributed by atoms with Gasteiger partial charge in [0.15, 0.2) is 5.82 Å². The van der Waals surface area contributed by atoms with Gasteiger partial charge in [-0.15, -0.1) is 0 Å². The standard InChI is InChI=1S/C8H13N3O2/c1-5-6(2)10-11-8(5)9-7(12)4-13-3/h4H2,1-3H3,(H2,9,10,11,12). The highest BCUT2D eigenvalue weighted by Gasteiger charge is 2.08. The highest BCUT2D eigenvalue weighted by Crippen LogP contribution is 2.13. The highest BCUT2D eigenvalue weighted by molar-refractivity contribution is 5.91. The van der Waals surface area contributed by atoms with Crippen molar-refractivity contribution in [1.29, 1.82) is 0 Å². The van der Waals surface area contributed by atoms with Crippen molar-refractivity contribution in [2.75, 3.05) is 19.0 Å². The van der Waals surface area contributed by atoms with Crippen LogP contribution in [0.1, 0.15) is 11.3 Å². The lowest BCUT2D eigenvalue weighted by atomic mass is 10.3. The summed E-state index contributed by atoms with van der Waals surface area (Å²) in [6.45, 7) is 3.83. The van der Waals surface area contributed by atoms with E-state index in [1.54, 1.807) is 0 Å². The molecule has 1 aromatic rings. The third kappa shape index (κ3) is 2.29. The van der Waals surface area contributed by atoms with E-state index in [1.165, 1.54) is 7.11 Å². The Hall–Kier alpha value is -1.36. The first-order valence-electron chi connectivity index (χ1n) is 3.95. The van der Waals surface area contributed by atoms with Gasteiger partial charge in [0.25, 0.3) is 5.91 Å². The Bertz CT molecular complexity index is 306. The average molecular weight is 183 g/mol. The van der Waals surface area contributed by atoms with Crippen molar-refractivity contribution < 1.29 is 9.53 Å². The predicted octanol–water partition coefficient (Wildman–Crippen LogP) is 0.611. The number of anilines is 1. The van der Waals surface area contributed by atoms with Gasteiger partial charge in [-0.2, -0.15) is 5.10 Å². The van der Waals surface area contributed by atoms with Crippen LogP contribution in [0.5, 0.6) is 0 Å². The van der Waals surface area contributed by atoms with Crippen molar-refractivity contribution in [3.63, 3.8) is 0 Å². The summed E-state index contributed by atoms with van der Waals surface area (Å²) < 4.78 is 4.67. The third-order valence-electron chi connectivity index (χ3n) is 1.79. The molecular weight excluding hydrogens is 170 g/mol. The summed E-state index contributed by atoms with van der Waals surface area (Å²) in [5.41, 5.74) is 1.90. The first-order valence-corrected chi connectivity index (χ1v) is 3.95. The van der Waals surface area contributed by atoms with Crippen LogP contribution in [0, 0.1) is 13.8 Å². The van der Waals surface area contributed by atoms with Crippen LogP contribution >= 0.6 is 0 Å². The molecule has 13 heavy (non-hydrogen) atoms. The smallest absolute Gasteiger partial charge is 0.251 e. The lowest BCUT2D eigenvalue weighted by Gasteiger charge is -2.00. The third-order valence-corrected chi connectivity index (χ3v) is 1.79. The zero-order valence-corrected chi connectivity index (χ0v) is 7.97. The van der Waals surface area contributed by atoms with E-state index in [-0.39, 0.29) is 12.5 Å². The molecule has 1 rings (SSSR count). The quantitative estimate of drug-likeness (QED) is 0.721. The van der Waals surface area contributed by atoms with E-state index in [1.807, 2.05) is 13.8 Å². The average Bonchev–Trinajstić information content (AvgIpc) is 2.37. The number of aromatic amines is 1. The van der Waals surface area contributed by atoms with E-state index in [0.29, 0.717) is 5.82 Å². The molecular formula is C8H13N3O2. The van der Waals surface area contributed by atoms with E-state index >= 15 is 0 Å². The zero-order valence-electron chi connectivity index (χ0n) is 7.97. The number of aryl methyl sites for hydroxylation is 1. The van der Waals surface area contributed by atoms with Crippen LogP contribution in [0.25, 0.3) is 0 Å². The number of aromatic nitrogens is 2. The Morgan fingerprint density at radius 1 is 1.62 bits per heavy atom. The predicted molar refractivity (Wildman–Crippen MR) is 48.6 cm³/mol. The van der Waals surface area contributed by atoms with Gasteiger partial charge in [-0.25, -0.2) is 0 Å². The SMILES string of the molecule is COCC(=O)Nc1n[nH]c(C)c1C. The van der Waals surface area contributed by atoms with Crippen molar-refractivity contribution in [2.24, 2.45) is 0 Å². The van der Waals surface area contributed by atoms with Gasteiger partial charge in [-0.3, -0.25) is 9.89 Å². The highest BCUT2D eigenvalue weighted by atomic mass is 16.5. The molecule has 0 radical (unpaired) electrons. The minimum atomic E-state index is -0.197. The summed E-state index contributed by atoms with van der Waals surface area (Å²) >= 11 is 0. The second kappa shape index (κ2) is 4.04. The van der Waals surface area contributed by atoms with Gasteiger partial charge in [0.2, 0.25) is 0 Å². The van der Waals surface area contributed by atoms with Crippen LogP contribution in [0.15, 0.2) is 0 Å². The molecule has 0 saturated heterocycles. The minimum Gasteiger partial charge on any atom is -0.375 e. The molecule has 0 spiro atoms. The maximum Gasteiger partial charge on any atom is 0.251 e. The Balaban J connectivity index is 2.64. The molecule has 1 heterocycles. The largest absolute Gasteiger partial charge is 0.375 e. The minimum absolute atomic E-state index is 0.0470. The molecule has 1 amide bonds. The number of carbonyl (C=O) groups is 1. The lowest BCUT2D eigenvalue weighted by molar-refractivity contribution is -0.119. The fraction of sp³-hybridized carbons (Fsp3) is 0.500. The second-order valence-corrected chi connectivity index (χ2v) is 2.80. The fourth-order valence-corrected chi connectivity index (χ4v) is 0.906. The summed E-state index contributed by atoms with van der Waals surface area (Å²) in [5, 5.41) is 9.33.